The number of imidazole rings is 2. The van der Waals surface area contributed by atoms with E-state index in [0.29, 0.717) is 22.8 Å². The Morgan fingerprint density at radius 1 is 1.13 bits per heavy atom. The van der Waals surface area contributed by atoms with Gasteiger partial charge in [-0.25, -0.2) is 24.9 Å². The average molecular weight is 617 g/mol. The van der Waals surface area contributed by atoms with E-state index < -0.39 is 37.4 Å². The molecule has 0 aliphatic carbocycles. The van der Waals surface area contributed by atoms with Crippen molar-refractivity contribution >= 4 is 59.4 Å². The first kappa shape index (κ1) is 27.1. The molecular weight excluding hydrogens is 594 g/mol. The first-order chi connectivity index (χ1) is 18.6. The molecule has 1 fully saturated rings. The number of nitrogens with zero attached hydrogens (tertiary/aromatic N) is 7. The van der Waals surface area contributed by atoms with Crippen LogP contribution in [-0.4, -0.2) is 74.2 Å². The zero-order valence-electron chi connectivity index (χ0n) is 20.2. The Morgan fingerprint density at radius 2 is 1.97 bits per heavy atom. The number of fused-ring (bicyclic) bond motifs is 6. The van der Waals surface area contributed by atoms with Gasteiger partial charge in [-0.05, 0) is 30.5 Å². The van der Waals surface area contributed by atoms with Crippen LogP contribution in [-0.2, 0) is 59.6 Å². The molecular formula is C19H22N8O8P2S2. The van der Waals surface area contributed by atoms with Crippen LogP contribution in [0.5, 0.6) is 0 Å². The van der Waals surface area contributed by atoms with Crippen molar-refractivity contribution in [3.05, 3.63) is 40.9 Å². The molecule has 2 aliphatic rings. The molecule has 20 heteroatoms. The van der Waals surface area contributed by atoms with Gasteiger partial charge in [-0.2, -0.15) is 0 Å². The zero-order valence-corrected chi connectivity index (χ0v) is 23.6. The molecule has 2 unspecified atom stereocenters. The van der Waals surface area contributed by atoms with Crippen LogP contribution < -0.4 is 5.56 Å². The van der Waals surface area contributed by atoms with Gasteiger partial charge in [0.1, 0.15) is 36.2 Å². The van der Waals surface area contributed by atoms with E-state index in [9.17, 15) is 14.6 Å². The van der Waals surface area contributed by atoms with Crippen LogP contribution in [0.2, 0.25) is 0 Å². The standard InChI is InChI=1S/C19H22N8O8P2S2/c1-10-23-17-15(18(28)24-10)22-9-27(17)19-13-4-11(34-19)6-32-36(29,38)31-3-2-26-14(7-33-37(30,39)35-13)25-12-5-20-8-21-16(12)26/h5,8-9,11,13,19H,2-4,6-7H2,1H3,(H,29,38)(H,30,39)(H,23,24,28)/t11-,13+,19+,36?,37?/m0/s1. The van der Waals surface area contributed by atoms with Gasteiger partial charge in [0.05, 0.1) is 31.8 Å². The number of ether oxygens (including phenoxy) is 1. The third-order valence-electron chi connectivity index (χ3n) is 6.08. The fourth-order valence-electron chi connectivity index (χ4n) is 4.46. The van der Waals surface area contributed by atoms with E-state index in [0.717, 1.165) is 0 Å². The van der Waals surface area contributed by atoms with Crippen molar-refractivity contribution in [2.75, 3.05) is 13.2 Å². The maximum Gasteiger partial charge on any atom is 0.325 e. The summed E-state index contributed by atoms with van der Waals surface area (Å²) in [5, 5.41) is 0. The predicted octanol–water partition coefficient (Wildman–Crippen LogP) is 0.938. The van der Waals surface area contributed by atoms with Gasteiger partial charge in [-0.15, -0.1) is 0 Å². The maximum absolute atomic E-state index is 12.4. The number of hydrogen-bond donors (Lipinski definition) is 3. The molecule has 16 nitrogen and oxygen atoms in total. The van der Waals surface area contributed by atoms with Crippen LogP contribution in [0.15, 0.2) is 23.6 Å². The molecule has 6 rings (SSSR count). The van der Waals surface area contributed by atoms with E-state index in [2.05, 4.69) is 29.9 Å². The topological polar surface area (TPSA) is 194 Å². The zero-order chi connectivity index (χ0) is 27.4. The number of aromatic amines is 1. The molecule has 4 aromatic rings. The summed E-state index contributed by atoms with van der Waals surface area (Å²) in [7, 11) is 0. The Hall–Kier alpha value is -2.08. The Labute approximate surface area is 229 Å². The van der Waals surface area contributed by atoms with Crippen molar-refractivity contribution < 1.29 is 32.6 Å². The Bertz CT molecular complexity index is 1710. The highest BCUT2D eigenvalue weighted by atomic mass is 32.5. The normalized spacial score (nSPS) is 30.7. The molecule has 3 N–H and O–H groups in total. The predicted molar refractivity (Wildman–Crippen MR) is 141 cm³/mol. The number of aromatic nitrogens is 8. The number of H-pyrrole nitrogens is 1. The molecule has 6 heterocycles. The Balaban J connectivity index is 1.35. The third kappa shape index (κ3) is 5.60. The first-order valence-electron chi connectivity index (χ1n) is 11.6. The van der Waals surface area contributed by atoms with Crippen molar-refractivity contribution in [2.24, 2.45) is 0 Å². The molecule has 4 aromatic heterocycles. The van der Waals surface area contributed by atoms with Gasteiger partial charge in [0.25, 0.3) is 5.56 Å². The Morgan fingerprint density at radius 3 is 2.82 bits per heavy atom. The minimum absolute atomic E-state index is 0.0165. The minimum atomic E-state index is -3.86. The quantitative estimate of drug-likeness (QED) is 0.256. The smallest absolute Gasteiger partial charge is 0.325 e. The lowest BCUT2D eigenvalue weighted by molar-refractivity contribution is -0.0454. The fourth-order valence-corrected chi connectivity index (χ4v) is 6.97. The van der Waals surface area contributed by atoms with Gasteiger partial charge in [0.15, 0.2) is 23.0 Å². The van der Waals surface area contributed by atoms with Gasteiger partial charge in [0, 0.05) is 13.0 Å². The van der Waals surface area contributed by atoms with Crippen molar-refractivity contribution in [3.63, 3.8) is 0 Å². The maximum atomic E-state index is 12.4. The summed E-state index contributed by atoms with van der Waals surface area (Å²) in [6.07, 6.45) is 2.05. The summed E-state index contributed by atoms with van der Waals surface area (Å²) < 4.78 is 32.0. The van der Waals surface area contributed by atoms with E-state index in [1.165, 1.54) is 23.4 Å². The van der Waals surface area contributed by atoms with Gasteiger partial charge in [-0.3, -0.25) is 9.36 Å². The van der Waals surface area contributed by atoms with E-state index in [1.54, 1.807) is 11.5 Å². The fraction of sp³-hybridized carbons (Fsp3) is 0.474. The third-order valence-corrected chi connectivity index (χ3v) is 9.26. The summed E-state index contributed by atoms with van der Waals surface area (Å²) in [5.74, 6) is 0.750. The summed E-state index contributed by atoms with van der Waals surface area (Å²) in [6, 6.07) is 0. The number of hydrogen-bond acceptors (Lipinski definition) is 13. The largest absolute Gasteiger partial charge is 0.349 e. The summed E-state index contributed by atoms with van der Waals surface area (Å²) >= 11 is 10.5. The number of aryl methyl sites for hydroxylation is 1. The SMILES string of the molecule is Cc1nc2c(ncn2[C@@H]2O[C@@H]3COP(O)(=S)OCCn4c(nc5cncnc54)COP(O)(=S)O[C@@H]2C3)c(=O)[nH]1. The number of rotatable bonds is 1. The second kappa shape index (κ2) is 10.4. The van der Waals surface area contributed by atoms with Crippen LogP contribution in [0.4, 0.5) is 0 Å². The molecule has 0 saturated carbocycles. The van der Waals surface area contributed by atoms with Crippen molar-refractivity contribution in [2.45, 2.75) is 44.9 Å². The van der Waals surface area contributed by atoms with Crippen LogP contribution in [0, 0.1) is 6.92 Å². The summed E-state index contributed by atoms with van der Waals surface area (Å²) in [5.41, 5.74) is 0.922. The lowest BCUT2D eigenvalue weighted by Crippen LogP contribution is -2.23. The second-order valence-corrected chi connectivity index (χ2v) is 14.4. The lowest BCUT2D eigenvalue weighted by Gasteiger charge is -2.24. The van der Waals surface area contributed by atoms with Crippen molar-refractivity contribution in [1.82, 2.24) is 39.0 Å². The monoisotopic (exact) mass is 616 g/mol. The van der Waals surface area contributed by atoms with Crippen LogP contribution in [0.3, 0.4) is 0 Å². The van der Waals surface area contributed by atoms with E-state index in [4.69, 9.17) is 46.4 Å². The van der Waals surface area contributed by atoms with E-state index >= 15 is 0 Å². The van der Waals surface area contributed by atoms with E-state index in [-0.39, 0.29) is 44.0 Å². The Kier molecular flexibility index (Phi) is 7.22. The molecule has 0 aromatic carbocycles. The van der Waals surface area contributed by atoms with Gasteiger partial charge >= 0.3 is 13.4 Å². The molecule has 0 radical (unpaired) electrons. The molecule has 1 saturated heterocycles. The van der Waals surface area contributed by atoms with Gasteiger partial charge in [-0.1, -0.05) is 0 Å². The minimum Gasteiger partial charge on any atom is -0.349 e. The van der Waals surface area contributed by atoms with Crippen molar-refractivity contribution in [1.29, 1.82) is 0 Å². The van der Waals surface area contributed by atoms with E-state index in [1.807, 2.05) is 0 Å². The average Bonchev–Trinajstić information content (AvgIpc) is 3.56. The molecule has 0 amide bonds. The van der Waals surface area contributed by atoms with Crippen LogP contribution in [0.25, 0.3) is 22.3 Å². The van der Waals surface area contributed by atoms with Crippen LogP contribution >= 0.6 is 13.4 Å². The molecule has 5 atom stereocenters. The molecule has 2 bridgehead atoms. The second-order valence-electron chi connectivity index (χ2n) is 8.75. The van der Waals surface area contributed by atoms with Crippen LogP contribution in [0.1, 0.15) is 24.3 Å². The van der Waals surface area contributed by atoms with Crippen molar-refractivity contribution in [3.8, 4) is 0 Å². The van der Waals surface area contributed by atoms with Gasteiger partial charge < -0.3 is 42.2 Å². The molecule has 39 heavy (non-hydrogen) atoms. The molecule has 0 spiro atoms. The summed E-state index contributed by atoms with van der Waals surface area (Å²) in [6.45, 7) is -6.02. The molecule has 208 valence electrons. The molecule has 2 aliphatic heterocycles. The highest BCUT2D eigenvalue weighted by Crippen LogP contribution is 2.51. The highest BCUT2D eigenvalue weighted by molar-refractivity contribution is 8.07. The highest BCUT2D eigenvalue weighted by Gasteiger charge is 2.42. The summed E-state index contributed by atoms with van der Waals surface area (Å²) in [4.78, 5) is 57.8. The number of nitrogens with one attached hydrogen (secondary N) is 1. The lowest BCUT2D eigenvalue weighted by atomic mass is 10.2. The first-order valence-corrected chi connectivity index (χ1v) is 16.8. The van der Waals surface area contributed by atoms with Gasteiger partial charge in [0.2, 0.25) is 0 Å².